The van der Waals surface area contributed by atoms with E-state index in [1.807, 2.05) is 0 Å². The van der Waals surface area contributed by atoms with Crippen LogP contribution in [0.15, 0.2) is 11.4 Å². The van der Waals surface area contributed by atoms with Crippen LogP contribution in [0.2, 0.25) is 0 Å². The molecule has 0 aromatic carbocycles. The topological polar surface area (TPSA) is 26.0 Å². The van der Waals surface area contributed by atoms with E-state index < -0.39 is 0 Å². The van der Waals surface area contributed by atoms with Crippen LogP contribution in [-0.2, 0) is 0 Å². The van der Waals surface area contributed by atoms with Gasteiger partial charge in [-0.25, -0.2) is 0 Å². The van der Waals surface area contributed by atoms with Crippen LogP contribution in [-0.4, -0.2) is 0 Å². The summed E-state index contributed by atoms with van der Waals surface area (Å²) in [6.45, 7) is 4.30. The van der Waals surface area contributed by atoms with E-state index in [9.17, 15) is 0 Å². The van der Waals surface area contributed by atoms with Gasteiger partial charge in [-0.3, -0.25) is 0 Å². The van der Waals surface area contributed by atoms with Crippen molar-refractivity contribution in [3.05, 3.63) is 21.9 Å². The summed E-state index contributed by atoms with van der Waals surface area (Å²) in [5.74, 6) is 0. The first-order valence-corrected chi connectivity index (χ1v) is 4.93. The van der Waals surface area contributed by atoms with Gasteiger partial charge in [-0.2, -0.15) is 0 Å². The predicted molar refractivity (Wildman–Crippen MR) is 58.1 cm³/mol. The highest BCUT2D eigenvalue weighted by atomic mass is 35.5. The molecule has 0 aliphatic rings. The summed E-state index contributed by atoms with van der Waals surface area (Å²) in [6.07, 6.45) is 2.26. The fraction of sp³-hybridized carbons (Fsp3) is 0.556. The van der Waals surface area contributed by atoms with Gasteiger partial charge in [0.2, 0.25) is 0 Å². The molecular formula is C9H16ClNS. The molecule has 0 aliphatic carbocycles. The molecule has 2 N–H and O–H groups in total. The highest BCUT2D eigenvalue weighted by Gasteiger charge is 2.07. The Morgan fingerprint density at radius 3 is 2.67 bits per heavy atom. The van der Waals surface area contributed by atoms with Gasteiger partial charge < -0.3 is 5.73 Å². The van der Waals surface area contributed by atoms with Crippen LogP contribution < -0.4 is 5.73 Å². The van der Waals surface area contributed by atoms with Crippen LogP contribution in [0.3, 0.4) is 0 Å². The van der Waals surface area contributed by atoms with Gasteiger partial charge in [0.05, 0.1) is 0 Å². The summed E-state index contributed by atoms with van der Waals surface area (Å²) in [4.78, 5) is 1.35. The van der Waals surface area contributed by atoms with E-state index in [1.54, 1.807) is 11.3 Å². The van der Waals surface area contributed by atoms with Crippen molar-refractivity contribution in [2.75, 3.05) is 0 Å². The Hall–Kier alpha value is -0.0500. The molecule has 0 unspecified atom stereocenters. The lowest BCUT2D eigenvalue weighted by Gasteiger charge is -2.08. The number of aryl methyl sites for hydroxylation is 1. The third-order valence-corrected chi connectivity index (χ3v) is 2.99. The molecule has 0 saturated heterocycles. The Balaban J connectivity index is 0.00000121. The lowest BCUT2D eigenvalue weighted by molar-refractivity contribution is 0.646. The minimum Gasteiger partial charge on any atom is -0.323 e. The standard InChI is InChI=1S/C9H15NS.ClH/c1-3-4-8(10)9-7(2)5-6-11-9;/h5-6,8H,3-4,10H2,1-2H3;1H/t8-;/m1./s1. The minimum absolute atomic E-state index is 0. The highest BCUT2D eigenvalue weighted by molar-refractivity contribution is 7.10. The number of hydrogen-bond donors (Lipinski definition) is 1. The maximum atomic E-state index is 5.96. The lowest BCUT2D eigenvalue weighted by Crippen LogP contribution is -2.08. The number of halogens is 1. The number of hydrogen-bond acceptors (Lipinski definition) is 2. The molecular weight excluding hydrogens is 190 g/mol. The molecule has 0 fully saturated rings. The van der Waals surface area contributed by atoms with Gasteiger partial charge in [0.15, 0.2) is 0 Å². The molecule has 3 heteroatoms. The van der Waals surface area contributed by atoms with Gasteiger partial charge in [0.25, 0.3) is 0 Å². The van der Waals surface area contributed by atoms with Gasteiger partial charge >= 0.3 is 0 Å². The average molecular weight is 206 g/mol. The normalized spacial score (nSPS) is 12.2. The van der Waals surface area contributed by atoms with Crippen LogP contribution in [0.4, 0.5) is 0 Å². The maximum Gasteiger partial charge on any atom is 0.0392 e. The van der Waals surface area contributed by atoms with E-state index in [4.69, 9.17) is 5.73 Å². The highest BCUT2D eigenvalue weighted by Crippen LogP contribution is 2.24. The molecule has 0 bridgehead atoms. The van der Waals surface area contributed by atoms with Crippen molar-refractivity contribution in [2.24, 2.45) is 5.73 Å². The Morgan fingerprint density at radius 1 is 1.58 bits per heavy atom. The monoisotopic (exact) mass is 205 g/mol. The van der Waals surface area contributed by atoms with E-state index in [0.717, 1.165) is 6.42 Å². The molecule has 1 aromatic rings. The Morgan fingerprint density at radius 2 is 2.25 bits per heavy atom. The fourth-order valence-corrected chi connectivity index (χ4v) is 2.17. The molecule has 0 amide bonds. The number of thiophene rings is 1. The lowest BCUT2D eigenvalue weighted by atomic mass is 10.1. The molecule has 1 aromatic heterocycles. The third-order valence-electron chi connectivity index (χ3n) is 1.84. The van der Waals surface area contributed by atoms with Crippen molar-refractivity contribution in [1.29, 1.82) is 0 Å². The Kier molecular flexibility index (Phi) is 5.55. The summed E-state index contributed by atoms with van der Waals surface area (Å²) < 4.78 is 0. The summed E-state index contributed by atoms with van der Waals surface area (Å²) in [5.41, 5.74) is 7.30. The van der Waals surface area contributed by atoms with Crippen molar-refractivity contribution in [3.63, 3.8) is 0 Å². The Bertz CT molecular complexity index is 222. The summed E-state index contributed by atoms with van der Waals surface area (Å²) in [7, 11) is 0. The van der Waals surface area contributed by atoms with Gasteiger partial charge in [-0.05, 0) is 30.4 Å². The van der Waals surface area contributed by atoms with Crippen LogP contribution >= 0.6 is 23.7 Å². The van der Waals surface area contributed by atoms with Crippen molar-refractivity contribution in [2.45, 2.75) is 32.7 Å². The van der Waals surface area contributed by atoms with Gasteiger partial charge in [0.1, 0.15) is 0 Å². The zero-order valence-corrected chi connectivity index (χ0v) is 9.17. The third kappa shape index (κ3) is 2.77. The van der Waals surface area contributed by atoms with Crippen molar-refractivity contribution >= 4 is 23.7 Å². The van der Waals surface area contributed by atoms with Gasteiger partial charge in [0, 0.05) is 10.9 Å². The largest absolute Gasteiger partial charge is 0.323 e. The van der Waals surface area contributed by atoms with Crippen LogP contribution in [0.5, 0.6) is 0 Å². The van der Waals surface area contributed by atoms with Crippen LogP contribution in [0.1, 0.15) is 36.2 Å². The first kappa shape index (κ1) is 11.9. The first-order valence-electron chi connectivity index (χ1n) is 4.05. The summed E-state index contributed by atoms with van der Waals surface area (Å²) in [5, 5.41) is 2.11. The molecule has 1 nitrogen and oxygen atoms in total. The molecule has 1 heterocycles. The number of rotatable bonds is 3. The van der Waals surface area contributed by atoms with E-state index in [1.165, 1.54) is 16.9 Å². The fourth-order valence-electron chi connectivity index (χ4n) is 1.21. The van der Waals surface area contributed by atoms with Crippen molar-refractivity contribution in [3.8, 4) is 0 Å². The van der Waals surface area contributed by atoms with Crippen LogP contribution in [0, 0.1) is 6.92 Å². The van der Waals surface area contributed by atoms with Crippen molar-refractivity contribution < 1.29 is 0 Å². The quantitative estimate of drug-likeness (QED) is 0.806. The average Bonchev–Trinajstić information content (AvgIpc) is 2.36. The second kappa shape index (κ2) is 5.57. The zero-order valence-electron chi connectivity index (χ0n) is 7.54. The molecule has 0 saturated carbocycles. The van der Waals surface area contributed by atoms with Crippen molar-refractivity contribution in [1.82, 2.24) is 0 Å². The first-order chi connectivity index (χ1) is 5.25. The summed E-state index contributed by atoms with van der Waals surface area (Å²) in [6, 6.07) is 2.40. The van der Waals surface area contributed by atoms with Gasteiger partial charge in [-0.1, -0.05) is 13.3 Å². The summed E-state index contributed by atoms with van der Waals surface area (Å²) >= 11 is 1.77. The smallest absolute Gasteiger partial charge is 0.0392 e. The molecule has 0 radical (unpaired) electrons. The van der Waals surface area contributed by atoms with E-state index in [0.29, 0.717) is 0 Å². The molecule has 12 heavy (non-hydrogen) atoms. The Labute approximate surface area is 84.4 Å². The molecule has 1 rings (SSSR count). The van der Waals surface area contributed by atoms with Gasteiger partial charge in [-0.15, -0.1) is 23.7 Å². The zero-order chi connectivity index (χ0) is 8.27. The van der Waals surface area contributed by atoms with Crippen LogP contribution in [0.25, 0.3) is 0 Å². The molecule has 1 atom stereocenters. The van der Waals surface area contributed by atoms with E-state index in [2.05, 4.69) is 25.3 Å². The predicted octanol–water partition coefficient (Wildman–Crippen LogP) is 3.28. The number of nitrogens with two attached hydrogens (primary N) is 1. The second-order valence-electron chi connectivity index (χ2n) is 2.86. The molecule has 0 spiro atoms. The van der Waals surface area contributed by atoms with E-state index in [-0.39, 0.29) is 18.4 Å². The van der Waals surface area contributed by atoms with E-state index >= 15 is 0 Å². The SMILES string of the molecule is CCC[C@@H](N)c1sccc1C.Cl. The minimum atomic E-state index is 0. The maximum absolute atomic E-state index is 5.96. The molecule has 70 valence electrons. The second-order valence-corrected chi connectivity index (χ2v) is 3.81. The molecule has 0 aliphatic heterocycles.